The van der Waals surface area contributed by atoms with Crippen molar-refractivity contribution in [3.63, 3.8) is 0 Å². The maximum Gasteiger partial charge on any atom is 0.368 e. The van der Waals surface area contributed by atoms with E-state index >= 15 is 0 Å². The van der Waals surface area contributed by atoms with Crippen LogP contribution in [0.4, 0.5) is 0 Å². The minimum atomic E-state index is -0.421. The van der Waals surface area contributed by atoms with Gasteiger partial charge in [-0.3, -0.25) is 0 Å². The second kappa shape index (κ2) is 29.2. The molecule has 0 unspecified atom stereocenters. The number of ether oxygens (including phenoxy) is 5. The van der Waals surface area contributed by atoms with E-state index in [2.05, 4.69) is 54.2 Å². The van der Waals surface area contributed by atoms with Crippen LogP contribution in [0.5, 0.6) is 28.9 Å². The van der Waals surface area contributed by atoms with E-state index in [1.54, 1.807) is 85.8 Å². The van der Waals surface area contributed by atoms with Crippen molar-refractivity contribution in [1.82, 2.24) is 79.2 Å². The summed E-state index contributed by atoms with van der Waals surface area (Å²) < 4.78 is 89.8. The molecule has 29 heteroatoms. The Morgan fingerprint density at radius 2 is 0.804 bits per heavy atom. The highest BCUT2D eigenvalue weighted by Gasteiger charge is 2.24. The first kappa shape index (κ1) is 58.8. The Morgan fingerprint density at radius 1 is 0.467 bits per heavy atom. The van der Waals surface area contributed by atoms with Crippen LogP contribution in [0.15, 0.2) is 165 Å². The number of terminal acetylenes is 1. The number of rotatable bonds is 19. The number of para-hydroxylation sites is 4. The lowest BCUT2D eigenvalue weighted by Crippen LogP contribution is -2.22. The maximum absolute atomic E-state index is 12.1. The topological polar surface area (TPSA) is 310 Å². The number of tetrazole rings is 4. The third-order valence-electron chi connectivity index (χ3n) is 13.6. The number of aryl methyl sites for hydroxylation is 9. The number of nitrogens with zero attached hydrogens (tertiary/aromatic N) is 16. The summed E-state index contributed by atoms with van der Waals surface area (Å²) in [5, 5.41) is 30.0. The molecular weight excluding hydrogens is 1190 g/mol. The highest BCUT2D eigenvalue weighted by atomic mass is 16.6. The summed E-state index contributed by atoms with van der Waals surface area (Å²) in [6.45, 7) is 15.8. The van der Waals surface area contributed by atoms with Crippen LogP contribution in [0.3, 0.4) is 0 Å². The molecule has 12 rings (SSSR count). The van der Waals surface area contributed by atoms with Gasteiger partial charge in [-0.1, -0.05) is 79.3 Å². The predicted molar refractivity (Wildman–Crippen MR) is 331 cm³/mol. The maximum atomic E-state index is 12.1. The van der Waals surface area contributed by atoms with Gasteiger partial charge in [0.1, 0.15) is 109 Å². The molecule has 0 aliphatic rings. The summed E-state index contributed by atoms with van der Waals surface area (Å²) in [4.78, 5) is 48.2. The van der Waals surface area contributed by atoms with Crippen molar-refractivity contribution in [3.05, 3.63) is 232 Å². The standard InChI is InChI=1S/C16H18N4O4.C16H16N4O3.C16H14N4O3.C15H16N4O3/c1-4-22-15-12(9-23-14-8-6-5-7-11(14)2)13(10-24-15)20-16(21)19(3)17-18-20;2*1-4-14-12(9-22-15-8-6-5-7-11(15)2)13(10-23-14)20-16(21)19(3)17-18-20;1-10-6-4-5-7-14(10)22-8-12-11(2)21-9-13(12)19-15(20)18(3)16-17-19/h5-8,10H,4,9H2,1-3H3;4-8,10H,1,9H2,2-3H3;1,5-8,10H,9H2,2-3H3;4-7,9H,8H2,1-3H3/i3*5T;4T. The van der Waals surface area contributed by atoms with Gasteiger partial charge in [-0.2, -0.15) is 37.5 Å². The van der Waals surface area contributed by atoms with Gasteiger partial charge in [-0.25, -0.2) is 19.2 Å². The Balaban J connectivity index is 0.000000150. The van der Waals surface area contributed by atoms with Crippen LogP contribution in [-0.4, -0.2) is 85.8 Å². The van der Waals surface area contributed by atoms with Crippen LogP contribution >= 0.6 is 0 Å². The Hall–Kier alpha value is -12.2. The van der Waals surface area contributed by atoms with Crippen molar-refractivity contribution in [2.45, 2.75) is 68.0 Å². The zero-order chi connectivity index (χ0) is 69.1. The fourth-order valence-electron chi connectivity index (χ4n) is 8.54. The molecule has 0 N–H and O–H groups in total. The molecule has 0 saturated carbocycles. The number of aromatic nitrogens is 16. The molecule has 12 aromatic rings. The number of hydrogen-bond donors (Lipinski definition) is 0. The van der Waals surface area contributed by atoms with Gasteiger partial charge in [0.15, 0.2) is 5.76 Å². The van der Waals surface area contributed by atoms with Crippen molar-refractivity contribution in [1.29, 1.82) is 0 Å². The third-order valence-corrected chi connectivity index (χ3v) is 13.6. The number of benzene rings is 4. The van der Waals surface area contributed by atoms with Crippen molar-refractivity contribution in [2.75, 3.05) is 6.61 Å². The molecule has 0 fully saturated rings. The van der Waals surface area contributed by atoms with Crippen LogP contribution < -0.4 is 46.4 Å². The average molecular weight is 1260 g/mol. The smallest absolute Gasteiger partial charge is 0.368 e. The van der Waals surface area contributed by atoms with E-state index in [1.807, 2.05) is 34.6 Å². The van der Waals surface area contributed by atoms with E-state index in [4.69, 9.17) is 53.3 Å². The quantitative estimate of drug-likeness (QED) is 0.0727. The zero-order valence-corrected chi connectivity index (χ0v) is 51.6. The van der Waals surface area contributed by atoms with Crippen LogP contribution in [0.1, 0.15) is 74.2 Å². The molecule has 8 aromatic heterocycles. The van der Waals surface area contributed by atoms with E-state index in [1.165, 1.54) is 57.9 Å². The fraction of sp³-hybridized carbons (Fsp3) is 0.238. The summed E-state index contributed by atoms with van der Waals surface area (Å²) in [6.07, 6.45) is 12.6. The summed E-state index contributed by atoms with van der Waals surface area (Å²) in [5.41, 5.74) is 6.02. The van der Waals surface area contributed by atoms with Crippen LogP contribution in [0.25, 0.3) is 28.8 Å². The molecule has 0 spiro atoms. The average Bonchev–Trinajstić information content (AvgIpc) is 1.67. The molecule has 474 valence electrons. The summed E-state index contributed by atoms with van der Waals surface area (Å²) >= 11 is 0. The lowest BCUT2D eigenvalue weighted by Gasteiger charge is -2.10. The van der Waals surface area contributed by atoms with E-state index in [-0.39, 0.29) is 49.5 Å². The SMILES string of the molecule is [3H]c1ccc(OCc2c(-n3nnn(C)c3=O)coc2C#C)c(C)c1.[3H]c1ccc(OCc2c(-n3nnn(C)c3=O)coc2C)c(C)c1.[3H]c1ccc(OCc2c(-n3nnn(C)c3=O)coc2C=C)c(C)c1.[3H]c1ccc(OCc2c(-n3nnn(C)c3=O)coc2OCC)c(C)c1. The van der Waals surface area contributed by atoms with Gasteiger partial charge in [0.2, 0.25) is 0 Å². The van der Waals surface area contributed by atoms with Gasteiger partial charge in [-0.05, 0) is 142 Å². The normalized spacial score (nSPS) is 11.3. The van der Waals surface area contributed by atoms with Crippen molar-refractivity contribution >= 4 is 6.08 Å². The van der Waals surface area contributed by atoms with E-state index in [0.29, 0.717) is 105 Å². The molecule has 0 atom stereocenters. The molecule has 4 aromatic carbocycles. The second-order valence-corrected chi connectivity index (χ2v) is 19.8. The Kier molecular flexibility index (Phi) is 18.6. The van der Waals surface area contributed by atoms with Gasteiger partial charge in [0.05, 0.1) is 34.3 Å². The van der Waals surface area contributed by atoms with Crippen molar-refractivity contribution in [3.8, 4) is 64.0 Å². The molecule has 8 heterocycles. The minimum Gasteiger partial charge on any atom is -0.488 e. The molecule has 0 radical (unpaired) electrons. The van der Waals surface area contributed by atoms with E-state index < -0.39 is 11.4 Å². The Labute approximate surface area is 529 Å². The molecular formula is C63H64N16O13. The number of furan rings is 4. The monoisotopic (exact) mass is 1260 g/mol. The molecule has 0 amide bonds. The van der Waals surface area contributed by atoms with Crippen LogP contribution in [-0.2, 0) is 54.6 Å². The summed E-state index contributed by atoms with van der Waals surface area (Å²) in [6, 6.07) is 22.0. The van der Waals surface area contributed by atoms with Gasteiger partial charge in [0.25, 0.3) is 5.95 Å². The van der Waals surface area contributed by atoms with E-state index in [0.717, 1.165) is 60.6 Å². The second-order valence-electron chi connectivity index (χ2n) is 19.8. The molecule has 0 bridgehead atoms. The van der Waals surface area contributed by atoms with Gasteiger partial charge in [0, 0.05) is 28.2 Å². The van der Waals surface area contributed by atoms with Gasteiger partial charge in [-0.15, -0.1) is 6.42 Å². The lowest BCUT2D eigenvalue weighted by molar-refractivity contribution is 0.239. The Morgan fingerprint density at radius 3 is 1.17 bits per heavy atom. The number of hydrogen-bond acceptors (Lipinski definition) is 21. The summed E-state index contributed by atoms with van der Waals surface area (Å²) in [5.74, 6) is 6.68. The largest absolute Gasteiger partial charge is 0.488 e. The predicted octanol–water partition coefficient (Wildman–Crippen LogP) is 7.12. The molecule has 29 nitrogen and oxygen atoms in total. The van der Waals surface area contributed by atoms with Crippen LogP contribution in [0, 0.1) is 47.0 Å². The summed E-state index contributed by atoms with van der Waals surface area (Å²) in [7, 11) is 6.05. The highest BCUT2D eigenvalue weighted by Crippen LogP contribution is 2.31. The van der Waals surface area contributed by atoms with Crippen LogP contribution in [0.2, 0.25) is 0 Å². The van der Waals surface area contributed by atoms with Crippen molar-refractivity contribution in [2.24, 2.45) is 28.2 Å². The van der Waals surface area contributed by atoms with E-state index in [9.17, 15) is 19.2 Å². The minimum absolute atomic E-state index is 0.0898. The Bertz CT molecular complexity index is 5050. The third kappa shape index (κ3) is 14.3. The first-order valence-corrected chi connectivity index (χ1v) is 27.9. The molecule has 0 aliphatic carbocycles. The lowest BCUT2D eigenvalue weighted by atomic mass is 10.2. The molecule has 92 heavy (non-hydrogen) atoms. The zero-order valence-electron chi connectivity index (χ0n) is 55.6. The first-order valence-electron chi connectivity index (χ1n) is 29.9. The highest BCUT2D eigenvalue weighted by molar-refractivity contribution is 5.54. The fourth-order valence-corrected chi connectivity index (χ4v) is 8.54. The first-order chi connectivity index (χ1) is 46.0. The molecule has 0 aliphatic heterocycles. The van der Waals surface area contributed by atoms with Gasteiger partial charge >= 0.3 is 22.8 Å². The molecule has 0 saturated heterocycles. The van der Waals surface area contributed by atoms with Gasteiger partial charge < -0.3 is 41.4 Å². The van der Waals surface area contributed by atoms with Crippen molar-refractivity contribution < 1.29 is 46.8 Å².